The molecule has 0 unspecified atom stereocenters. The van der Waals surface area contributed by atoms with E-state index in [0.717, 1.165) is 16.4 Å². The smallest absolute Gasteiger partial charge is 0.392 e. The van der Waals surface area contributed by atoms with Crippen LogP contribution in [0.2, 0.25) is 0 Å². The zero-order valence-corrected chi connectivity index (χ0v) is 9.57. The van der Waals surface area contributed by atoms with Crippen molar-refractivity contribution in [3.05, 3.63) is 47.3 Å². The summed E-state index contributed by atoms with van der Waals surface area (Å²) in [5, 5.41) is 12.6. The van der Waals surface area contributed by atoms with Gasteiger partial charge < -0.3 is 5.11 Å². The van der Waals surface area contributed by atoms with Gasteiger partial charge in [0.2, 0.25) is 0 Å². The van der Waals surface area contributed by atoms with Gasteiger partial charge in [-0.2, -0.15) is 18.3 Å². The number of alkyl halides is 3. The minimum Gasteiger partial charge on any atom is -0.392 e. The first-order valence-electron chi connectivity index (χ1n) is 5.25. The topological polar surface area (TPSA) is 38.0 Å². The molecule has 2 aromatic rings. The molecular weight excluding hydrogens is 245 g/mol. The Morgan fingerprint density at radius 2 is 1.83 bits per heavy atom. The minimum atomic E-state index is -4.56. The van der Waals surface area contributed by atoms with E-state index in [4.69, 9.17) is 5.11 Å². The van der Waals surface area contributed by atoms with Crippen molar-refractivity contribution >= 4 is 0 Å². The first-order chi connectivity index (χ1) is 8.43. The number of aryl methyl sites for hydroxylation is 1. The van der Waals surface area contributed by atoms with Crippen LogP contribution in [0.15, 0.2) is 30.5 Å². The second kappa shape index (κ2) is 4.45. The number of benzene rings is 1. The van der Waals surface area contributed by atoms with Crippen molar-refractivity contribution in [1.29, 1.82) is 0 Å². The van der Waals surface area contributed by atoms with E-state index in [0.29, 0.717) is 5.69 Å². The number of aliphatic hydroxyl groups excluding tert-OH is 1. The number of aliphatic hydroxyl groups is 1. The highest BCUT2D eigenvalue weighted by Crippen LogP contribution is 2.33. The van der Waals surface area contributed by atoms with Crippen molar-refractivity contribution in [1.82, 2.24) is 9.78 Å². The number of aromatic nitrogens is 2. The van der Waals surface area contributed by atoms with Gasteiger partial charge in [0, 0.05) is 5.56 Å². The molecule has 0 bridgehead atoms. The third kappa shape index (κ3) is 2.24. The van der Waals surface area contributed by atoms with E-state index in [1.807, 2.05) is 6.92 Å². The maximum absolute atomic E-state index is 12.9. The van der Waals surface area contributed by atoms with Gasteiger partial charge in [0.25, 0.3) is 0 Å². The van der Waals surface area contributed by atoms with Crippen molar-refractivity contribution < 1.29 is 18.3 Å². The Bertz CT molecular complexity index is 543. The molecule has 96 valence electrons. The highest BCUT2D eigenvalue weighted by Gasteiger charge is 2.38. The molecule has 0 spiro atoms. The van der Waals surface area contributed by atoms with E-state index in [2.05, 4.69) is 5.10 Å². The van der Waals surface area contributed by atoms with Crippen LogP contribution in [-0.4, -0.2) is 14.9 Å². The van der Waals surface area contributed by atoms with Gasteiger partial charge in [-0.1, -0.05) is 17.7 Å². The quantitative estimate of drug-likeness (QED) is 0.897. The fourth-order valence-electron chi connectivity index (χ4n) is 1.68. The SMILES string of the molecule is Cc1ccc(-n2ncc(CO)c2C(F)(F)F)cc1. The van der Waals surface area contributed by atoms with E-state index in [9.17, 15) is 13.2 Å². The molecule has 0 atom stereocenters. The maximum Gasteiger partial charge on any atom is 0.433 e. The number of nitrogens with zero attached hydrogens (tertiary/aromatic N) is 2. The Morgan fingerprint density at radius 3 is 2.33 bits per heavy atom. The maximum atomic E-state index is 12.9. The molecule has 1 heterocycles. The summed E-state index contributed by atoms with van der Waals surface area (Å²) in [6.07, 6.45) is -3.53. The second-order valence-electron chi connectivity index (χ2n) is 3.92. The van der Waals surface area contributed by atoms with Crippen molar-refractivity contribution in [3.8, 4) is 5.69 Å². The van der Waals surface area contributed by atoms with Gasteiger partial charge >= 0.3 is 6.18 Å². The fourth-order valence-corrected chi connectivity index (χ4v) is 1.68. The molecule has 0 saturated carbocycles. The van der Waals surface area contributed by atoms with Crippen LogP contribution in [0, 0.1) is 6.92 Å². The van der Waals surface area contributed by atoms with E-state index in [1.54, 1.807) is 24.3 Å². The third-order valence-corrected chi connectivity index (χ3v) is 2.56. The number of halogens is 3. The zero-order valence-electron chi connectivity index (χ0n) is 9.57. The third-order valence-electron chi connectivity index (χ3n) is 2.56. The number of hydrogen-bond acceptors (Lipinski definition) is 2. The van der Waals surface area contributed by atoms with Crippen molar-refractivity contribution in [2.45, 2.75) is 19.7 Å². The van der Waals surface area contributed by atoms with Gasteiger partial charge in [0.15, 0.2) is 5.69 Å². The van der Waals surface area contributed by atoms with Gasteiger partial charge in [0.1, 0.15) is 0 Å². The summed E-state index contributed by atoms with van der Waals surface area (Å²) in [6, 6.07) is 6.52. The molecule has 0 amide bonds. The summed E-state index contributed by atoms with van der Waals surface area (Å²) >= 11 is 0. The number of rotatable bonds is 2. The first kappa shape index (κ1) is 12.6. The minimum absolute atomic E-state index is 0.233. The molecule has 1 aromatic carbocycles. The van der Waals surface area contributed by atoms with Gasteiger partial charge in [-0.25, -0.2) is 4.68 Å². The monoisotopic (exact) mass is 256 g/mol. The predicted molar refractivity (Wildman–Crippen MR) is 59.2 cm³/mol. The summed E-state index contributed by atoms with van der Waals surface area (Å²) in [4.78, 5) is 0. The lowest BCUT2D eigenvalue weighted by atomic mass is 10.2. The van der Waals surface area contributed by atoms with Crippen molar-refractivity contribution in [3.63, 3.8) is 0 Å². The highest BCUT2D eigenvalue weighted by molar-refractivity contribution is 5.37. The molecule has 1 aromatic heterocycles. The largest absolute Gasteiger partial charge is 0.433 e. The molecule has 0 radical (unpaired) electrons. The average molecular weight is 256 g/mol. The standard InChI is InChI=1S/C12H11F3N2O/c1-8-2-4-10(5-3-8)17-11(12(13,14)15)9(7-18)6-16-17/h2-6,18H,7H2,1H3. The molecule has 2 rings (SSSR count). The molecule has 1 N–H and O–H groups in total. The molecule has 0 aliphatic rings. The molecule has 0 aliphatic heterocycles. The first-order valence-corrected chi connectivity index (χ1v) is 5.25. The lowest BCUT2D eigenvalue weighted by Crippen LogP contribution is -2.15. The number of hydrogen-bond donors (Lipinski definition) is 1. The van der Waals surface area contributed by atoms with Crippen LogP contribution in [0.1, 0.15) is 16.8 Å². The molecule has 18 heavy (non-hydrogen) atoms. The summed E-state index contributed by atoms with van der Waals surface area (Å²) in [6.45, 7) is 1.15. The summed E-state index contributed by atoms with van der Waals surface area (Å²) < 4.78 is 39.6. The molecular formula is C12H11F3N2O. The Kier molecular flexibility index (Phi) is 3.13. The van der Waals surface area contributed by atoms with Gasteiger partial charge in [0.05, 0.1) is 18.5 Å². The average Bonchev–Trinajstić information content (AvgIpc) is 2.73. The van der Waals surface area contributed by atoms with Crippen LogP contribution in [0.5, 0.6) is 0 Å². The summed E-state index contributed by atoms with van der Waals surface area (Å²) in [5.74, 6) is 0. The van der Waals surface area contributed by atoms with Crippen LogP contribution in [0.4, 0.5) is 13.2 Å². The Hall–Kier alpha value is -1.82. The highest BCUT2D eigenvalue weighted by atomic mass is 19.4. The zero-order chi connectivity index (χ0) is 13.3. The normalized spacial score (nSPS) is 11.8. The fraction of sp³-hybridized carbons (Fsp3) is 0.250. The lowest BCUT2D eigenvalue weighted by molar-refractivity contribution is -0.143. The van der Waals surface area contributed by atoms with Crippen LogP contribution >= 0.6 is 0 Å². The van der Waals surface area contributed by atoms with Crippen LogP contribution in [0.3, 0.4) is 0 Å². The van der Waals surface area contributed by atoms with Crippen LogP contribution < -0.4 is 0 Å². The lowest BCUT2D eigenvalue weighted by Gasteiger charge is -2.12. The van der Waals surface area contributed by atoms with E-state index >= 15 is 0 Å². The molecule has 0 fully saturated rings. The Balaban J connectivity index is 2.58. The van der Waals surface area contributed by atoms with Gasteiger partial charge in [-0.15, -0.1) is 0 Å². The van der Waals surface area contributed by atoms with Gasteiger partial charge in [-0.3, -0.25) is 0 Å². The van der Waals surface area contributed by atoms with Gasteiger partial charge in [-0.05, 0) is 19.1 Å². The molecule has 0 saturated heterocycles. The molecule has 0 aliphatic carbocycles. The van der Waals surface area contributed by atoms with Crippen LogP contribution in [-0.2, 0) is 12.8 Å². The molecule has 6 heteroatoms. The summed E-state index contributed by atoms with van der Waals surface area (Å²) in [5.41, 5.74) is 0.0893. The van der Waals surface area contributed by atoms with E-state index in [-0.39, 0.29) is 5.56 Å². The Morgan fingerprint density at radius 1 is 1.22 bits per heavy atom. The summed E-state index contributed by atoms with van der Waals surface area (Å²) in [7, 11) is 0. The second-order valence-corrected chi connectivity index (χ2v) is 3.92. The van der Waals surface area contributed by atoms with Crippen LogP contribution in [0.25, 0.3) is 5.69 Å². The van der Waals surface area contributed by atoms with E-state index < -0.39 is 18.5 Å². The predicted octanol–water partition coefficient (Wildman–Crippen LogP) is 2.69. The molecule has 3 nitrogen and oxygen atoms in total. The van der Waals surface area contributed by atoms with E-state index in [1.165, 1.54) is 0 Å². The Labute approximate surface area is 101 Å². The van der Waals surface area contributed by atoms with Crippen molar-refractivity contribution in [2.24, 2.45) is 0 Å². The van der Waals surface area contributed by atoms with Crippen molar-refractivity contribution in [2.75, 3.05) is 0 Å².